The van der Waals surface area contributed by atoms with Crippen molar-refractivity contribution in [2.24, 2.45) is 0 Å². The minimum absolute atomic E-state index is 0.0573. The Hall–Kier alpha value is -0.930. The predicted molar refractivity (Wildman–Crippen MR) is 64.4 cm³/mol. The van der Waals surface area contributed by atoms with E-state index < -0.39 is 0 Å². The Kier molecular flexibility index (Phi) is 3.34. The summed E-state index contributed by atoms with van der Waals surface area (Å²) < 4.78 is 13.8. The number of halogens is 1. The first kappa shape index (κ1) is 10.6. The Morgan fingerprint density at radius 3 is 2.87 bits per heavy atom. The van der Waals surface area contributed by atoms with Crippen LogP contribution in [0.4, 0.5) is 4.39 Å². The zero-order valence-electron chi connectivity index (χ0n) is 8.66. The molecule has 0 aliphatic carbocycles. The highest BCUT2D eigenvalue weighted by molar-refractivity contribution is 7.19. The van der Waals surface area contributed by atoms with E-state index in [1.165, 1.54) is 15.0 Å². The van der Waals surface area contributed by atoms with Crippen LogP contribution < -0.4 is 5.32 Å². The molecule has 1 nitrogen and oxygen atoms in total. The van der Waals surface area contributed by atoms with E-state index in [1.807, 2.05) is 12.1 Å². The monoisotopic (exact) mass is 223 g/mol. The summed E-state index contributed by atoms with van der Waals surface area (Å²) >= 11 is 1.75. The van der Waals surface area contributed by atoms with Gasteiger partial charge in [-0.2, -0.15) is 0 Å². The SMILES string of the molecule is CNC(CF)Cc1cc2ccccc2s1. The molecule has 0 spiro atoms. The second-order valence-electron chi connectivity index (χ2n) is 3.59. The van der Waals surface area contributed by atoms with E-state index in [-0.39, 0.29) is 12.7 Å². The summed E-state index contributed by atoms with van der Waals surface area (Å²) in [6, 6.07) is 10.4. The number of hydrogen-bond donors (Lipinski definition) is 1. The molecule has 0 amide bonds. The molecular weight excluding hydrogens is 209 g/mol. The molecule has 0 aliphatic rings. The van der Waals surface area contributed by atoms with Crippen LogP contribution in [0.2, 0.25) is 0 Å². The number of rotatable bonds is 4. The van der Waals surface area contributed by atoms with Gasteiger partial charge in [-0.05, 0) is 31.0 Å². The molecule has 0 saturated heterocycles. The number of benzene rings is 1. The molecular formula is C12H14FNS. The summed E-state index contributed by atoms with van der Waals surface area (Å²) in [7, 11) is 1.80. The molecule has 80 valence electrons. The van der Waals surface area contributed by atoms with Gasteiger partial charge in [0.15, 0.2) is 0 Å². The fraction of sp³-hybridized carbons (Fsp3) is 0.333. The second kappa shape index (κ2) is 4.73. The maximum absolute atomic E-state index is 12.5. The molecule has 0 bridgehead atoms. The Morgan fingerprint density at radius 1 is 1.40 bits per heavy atom. The average molecular weight is 223 g/mol. The van der Waals surface area contributed by atoms with Gasteiger partial charge in [0.25, 0.3) is 0 Å². The van der Waals surface area contributed by atoms with E-state index in [2.05, 4.69) is 23.5 Å². The third kappa shape index (κ3) is 2.36. The van der Waals surface area contributed by atoms with Gasteiger partial charge in [-0.15, -0.1) is 11.3 Å². The van der Waals surface area contributed by atoms with E-state index in [9.17, 15) is 4.39 Å². The van der Waals surface area contributed by atoms with Gasteiger partial charge in [-0.3, -0.25) is 0 Å². The highest BCUT2D eigenvalue weighted by atomic mass is 32.1. The van der Waals surface area contributed by atoms with Gasteiger partial charge in [0.05, 0.1) is 0 Å². The van der Waals surface area contributed by atoms with Crippen LogP contribution >= 0.6 is 11.3 Å². The first-order chi connectivity index (χ1) is 7.33. The third-order valence-electron chi connectivity index (χ3n) is 2.52. The molecule has 1 heterocycles. The molecule has 2 aromatic rings. The lowest BCUT2D eigenvalue weighted by Crippen LogP contribution is -2.29. The van der Waals surface area contributed by atoms with Gasteiger partial charge in [0.1, 0.15) is 6.67 Å². The highest BCUT2D eigenvalue weighted by Crippen LogP contribution is 2.26. The van der Waals surface area contributed by atoms with Crippen LogP contribution in [-0.4, -0.2) is 19.8 Å². The molecule has 0 saturated carbocycles. The zero-order chi connectivity index (χ0) is 10.7. The smallest absolute Gasteiger partial charge is 0.105 e. The standard InChI is InChI=1S/C12H14FNS/c1-14-10(8-13)7-11-6-9-4-2-3-5-12(9)15-11/h2-6,10,14H,7-8H2,1H3. The molecule has 1 atom stereocenters. The predicted octanol–water partition coefficient (Wildman–Crippen LogP) is 3.00. The van der Waals surface area contributed by atoms with Crippen molar-refractivity contribution in [1.29, 1.82) is 0 Å². The number of nitrogens with one attached hydrogen (secondary N) is 1. The first-order valence-electron chi connectivity index (χ1n) is 5.04. The Labute approximate surface area is 92.9 Å². The minimum Gasteiger partial charge on any atom is -0.314 e. The molecule has 2 rings (SSSR count). The number of fused-ring (bicyclic) bond motifs is 1. The van der Waals surface area contributed by atoms with Crippen molar-refractivity contribution >= 4 is 21.4 Å². The van der Waals surface area contributed by atoms with Gasteiger partial charge in [-0.1, -0.05) is 18.2 Å². The van der Waals surface area contributed by atoms with Gasteiger partial charge >= 0.3 is 0 Å². The van der Waals surface area contributed by atoms with E-state index in [0.29, 0.717) is 0 Å². The largest absolute Gasteiger partial charge is 0.314 e. The van der Waals surface area contributed by atoms with Gasteiger partial charge in [0.2, 0.25) is 0 Å². The lowest BCUT2D eigenvalue weighted by molar-refractivity contribution is 0.391. The lowest BCUT2D eigenvalue weighted by atomic mass is 10.2. The fourth-order valence-electron chi connectivity index (χ4n) is 1.61. The van der Waals surface area contributed by atoms with Gasteiger partial charge in [0, 0.05) is 15.6 Å². The summed E-state index contributed by atoms with van der Waals surface area (Å²) in [6.07, 6.45) is 0.770. The van der Waals surface area contributed by atoms with Crippen molar-refractivity contribution in [2.45, 2.75) is 12.5 Å². The molecule has 1 unspecified atom stereocenters. The van der Waals surface area contributed by atoms with Crippen molar-refractivity contribution in [3.63, 3.8) is 0 Å². The first-order valence-corrected chi connectivity index (χ1v) is 5.86. The van der Waals surface area contributed by atoms with E-state index in [4.69, 9.17) is 0 Å². The maximum atomic E-state index is 12.5. The Balaban J connectivity index is 2.21. The van der Waals surface area contributed by atoms with Gasteiger partial charge < -0.3 is 5.32 Å². The molecule has 0 radical (unpaired) electrons. The minimum atomic E-state index is -0.315. The normalized spacial score (nSPS) is 13.2. The van der Waals surface area contributed by atoms with E-state index >= 15 is 0 Å². The summed E-state index contributed by atoms with van der Waals surface area (Å²) in [4.78, 5) is 1.24. The highest BCUT2D eigenvalue weighted by Gasteiger charge is 2.08. The van der Waals surface area contributed by atoms with Crippen molar-refractivity contribution < 1.29 is 4.39 Å². The topological polar surface area (TPSA) is 12.0 Å². The number of thiophene rings is 1. The van der Waals surface area contributed by atoms with Crippen LogP contribution in [0.1, 0.15) is 4.88 Å². The maximum Gasteiger partial charge on any atom is 0.105 e. The molecule has 1 N–H and O–H groups in total. The summed E-state index contributed by atoms with van der Waals surface area (Å²) in [5.41, 5.74) is 0. The van der Waals surface area contributed by atoms with E-state index in [0.717, 1.165) is 6.42 Å². The second-order valence-corrected chi connectivity index (χ2v) is 4.76. The van der Waals surface area contributed by atoms with E-state index in [1.54, 1.807) is 18.4 Å². The van der Waals surface area contributed by atoms with Crippen molar-refractivity contribution in [3.8, 4) is 0 Å². The average Bonchev–Trinajstić information content (AvgIpc) is 2.68. The van der Waals surface area contributed by atoms with Crippen molar-refractivity contribution in [2.75, 3.05) is 13.7 Å². The molecule has 3 heteroatoms. The molecule has 1 aromatic carbocycles. The number of hydrogen-bond acceptors (Lipinski definition) is 2. The van der Waals surface area contributed by atoms with Crippen LogP contribution in [0.15, 0.2) is 30.3 Å². The van der Waals surface area contributed by atoms with Crippen LogP contribution in [0.5, 0.6) is 0 Å². The molecule has 15 heavy (non-hydrogen) atoms. The number of alkyl halides is 1. The van der Waals surface area contributed by atoms with Crippen LogP contribution in [0.25, 0.3) is 10.1 Å². The van der Waals surface area contributed by atoms with Crippen molar-refractivity contribution in [3.05, 3.63) is 35.2 Å². The lowest BCUT2D eigenvalue weighted by Gasteiger charge is -2.09. The molecule has 0 aliphatic heterocycles. The Morgan fingerprint density at radius 2 is 2.20 bits per heavy atom. The van der Waals surface area contributed by atoms with Gasteiger partial charge in [-0.25, -0.2) is 4.39 Å². The zero-order valence-corrected chi connectivity index (χ0v) is 9.48. The van der Waals surface area contributed by atoms with Crippen molar-refractivity contribution in [1.82, 2.24) is 5.32 Å². The fourth-order valence-corrected chi connectivity index (χ4v) is 2.76. The summed E-state index contributed by atoms with van der Waals surface area (Å²) in [5, 5.41) is 4.23. The third-order valence-corrected chi connectivity index (χ3v) is 3.66. The summed E-state index contributed by atoms with van der Waals surface area (Å²) in [6.45, 7) is -0.315. The van der Waals surface area contributed by atoms with Crippen LogP contribution in [-0.2, 0) is 6.42 Å². The molecule has 1 aromatic heterocycles. The quantitative estimate of drug-likeness (QED) is 0.840. The van der Waals surface area contributed by atoms with Crippen LogP contribution in [0.3, 0.4) is 0 Å². The summed E-state index contributed by atoms with van der Waals surface area (Å²) in [5.74, 6) is 0. The van der Waals surface area contributed by atoms with Crippen LogP contribution in [0, 0.1) is 0 Å². The Bertz CT molecular complexity index is 401. The number of likely N-dealkylation sites (N-methyl/N-ethyl adjacent to an activating group) is 1. The molecule has 0 fully saturated rings.